The molecule has 0 aliphatic heterocycles. The first-order chi connectivity index (χ1) is 14.0. The van der Waals surface area contributed by atoms with Gasteiger partial charge in [-0.1, -0.05) is 54.1 Å². The van der Waals surface area contributed by atoms with E-state index in [0.717, 1.165) is 11.6 Å². The minimum atomic E-state index is -0.602. The van der Waals surface area contributed by atoms with Gasteiger partial charge < -0.3 is 10.1 Å². The number of ether oxygens (including phenoxy) is 1. The molecule has 0 aromatic heterocycles. The number of benzene rings is 3. The van der Waals surface area contributed by atoms with Gasteiger partial charge in [-0.05, 0) is 23.8 Å². The quantitative estimate of drug-likeness (QED) is 0.438. The number of nitrogens with zero attached hydrogens (tertiary/aromatic N) is 1. The summed E-state index contributed by atoms with van der Waals surface area (Å²) in [6.07, 6.45) is 0. The van der Waals surface area contributed by atoms with Gasteiger partial charge in [-0.15, -0.1) is 0 Å². The summed E-state index contributed by atoms with van der Waals surface area (Å²) in [7, 11) is 0. The monoisotopic (exact) mass is 414 g/mol. The van der Waals surface area contributed by atoms with Gasteiger partial charge in [0.2, 0.25) is 0 Å². The van der Waals surface area contributed by atoms with Crippen LogP contribution in [0, 0.1) is 15.9 Å². The molecule has 0 fully saturated rings. The Morgan fingerprint density at radius 2 is 1.79 bits per heavy atom. The molecule has 3 aromatic carbocycles. The Morgan fingerprint density at radius 3 is 2.45 bits per heavy atom. The molecular weight excluding hydrogens is 399 g/mol. The summed E-state index contributed by atoms with van der Waals surface area (Å²) in [6, 6.07) is 18.0. The van der Waals surface area contributed by atoms with Crippen LogP contribution in [-0.2, 0) is 0 Å². The molecule has 0 heterocycles. The largest absolute Gasteiger partial charge is 0.488 e. The summed E-state index contributed by atoms with van der Waals surface area (Å²) >= 11 is 6.05. The molecule has 0 radical (unpaired) electrons. The first-order valence-corrected chi connectivity index (χ1v) is 9.00. The summed E-state index contributed by atoms with van der Waals surface area (Å²) in [5.74, 6) is -0.976. The van der Waals surface area contributed by atoms with Crippen molar-refractivity contribution in [3.8, 4) is 5.75 Å². The molecule has 1 unspecified atom stereocenters. The SMILES string of the molecule is O=C(NC(COc1ccccc1F)c1ccccc1)c1ccc([N+](=O)[O-])cc1Cl. The molecule has 148 valence electrons. The highest BCUT2D eigenvalue weighted by Gasteiger charge is 2.20. The summed E-state index contributed by atoms with van der Waals surface area (Å²) in [5, 5.41) is 13.6. The van der Waals surface area contributed by atoms with E-state index in [1.807, 2.05) is 6.07 Å². The zero-order valence-electron chi connectivity index (χ0n) is 15.0. The van der Waals surface area contributed by atoms with E-state index in [9.17, 15) is 19.3 Å². The lowest BCUT2D eigenvalue weighted by atomic mass is 10.1. The number of amides is 1. The summed E-state index contributed by atoms with van der Waals surface area (Å²) < 4.78 is 19.4. The van der Waals surface area contributed by atoms with Gasteiger partial charge in [-0.3, -0.25) is 14.9 Å². The molecule has 1 N–H and O–H groups in total. The van der Waals surface area contributed by atoms with E-state index in [0.29, 0.717) is 0 Å². The molecule has 3 rings (SSSR count). The first-order valence-electron chi connectivity index (χ1n) is 8.63. The lowest BCUT2D eigenvalue weighted by molar-refractivity contribution is -0.384. The third kappa shape index (κ3) is 5.08. The normalized spacial score (nSPS) is 11.5. The standard InChI is InChI=1S/C21H16ClFN2O4/c22-17-12-15(25(27)28)10-11-16(17)21(26)24-19(14-6-2-1-3-7-14)13-29-20-9-5-4-8-18(20)23/h1-12,19H,13H2,(H,24,26). The van der Waals surface area contributed by atoms with Crippen LogP contribution in [-0.4, -0.2) is 17.4 Å². The van der Waals surface area contributed by atoms with Crippen LogP contribution < -0.4 is 10.1 Å². The van der Waals surface area contributed by atoms with Crippen LogP contribution in [0.3, 0.4) is 0 Å². The van der Waals surface area contributed by atoms with E-state index in [1.165, 1.54) is 24.3 Å². The van der Waals surface area contributed by atoms with E-state index in [1.54, 1.807) is 36.4 Å². The number of carbonyl (C=O) groups is 1. The van der Waals surface area contributed by atoms with Crippen LogP contribution in [0.15, 0.2) is 72.8 Å². The maximum Gasteiger partial charge on any atom is 0.270 e. The van der Waals surface area contributed by atoms with Gasteiger partial charge in [0.15, 0.2) is 11.6 Å². The lowest BCUT2D eigenvalue weighted by Gasteiger charge is -2.20. The van der Waals surface area contributed by atoms with E-state index >= 15 is 0 Å². The van der Waals surface area contributed by atoms with Crippen molar-refractivity contribution < 1.29 is 18.8 Å². The smallest absolute Gasteiger partial charge is 0.270 e. The maximum atomic E-state index is 13.8. The number of rotatable bonds is 7. The van der Waals surface area contributed by atoms with Crippen LogP contribution in [0.5, 0.6) is 5.75 Å². The molecule has 3 aromatic rings. The second-order valence-corrected chi connectivity index (χ2v) is 6.51. The Labute approximate surface area is 171 Å². The minimum absolute atomic E-state index is 0.0265. The molecular formula is C21H16ClFN2O4. The second kappa shape index (κ2) is 9.16. The van der Waals surface area contributed by atoms with Gasteiger partial charge in [0.25, 0.3) is 11.6 Å². The molecule has 1 atom stereocenters. The molecule has 29 heavy (non-hydrogen) atoms. The Kier molecular flexibility index (Phi) is 6.41. The third-order valence-electron chi connectivity index (χ3n) is 4.16. The molecule has 0 saturated carbocycles. The lowest BCUT2D eigenvalue weighted by Crippen LogP contribution is -2.32. The van der Waals surface area contributed by atoms with Crippen LogP contribution in [0.1, 0.15) is 22.0 Å². The van der Waals surface area contributed by atoms with E-state index in [2.05, 4.69) is 5.32 Å². The predicted molar refractivity (Wildman–Crippen MR) is 107 cm³/mol. The first kappa shape index (κ1) is 20.3. The molecule has 0 aliphatic carbocycles. The van der Waals surface area contributed by atoms with Crippen LogP contribution >= 0.6 is 11.6 Å². The number of halogens is 2. The Bertz CT molecular complexity index is 1030. The number of nitrogens with one attached hydrogen (secondary N) is 1. The van der Waals surface area contributed by atoms with Crippen LogP contribution in [0.2, 0.25) is 5.02 Å². The fraction of sp³-hybridized carbons (Fsp3) is 0.0952. The van der Waals surface area contributed by atoms with Crippen molar-refractivity contribution in [1.29, 1.82) is 0 Å². The Hall–Kier alpha value is -3.45. The Balaban J connectivity index is 1.80. The molecule has 0 aliphatic rings. The highest BCUT2D eigenvalue weighted by Crippen LogP contribution is 2.24. The number of non-ortho nitro benzene ring substituents is 1. The second-order valence-electron chi connectivity index (χ2n) is 6.10. The third-order valence-corrected chi connectivity index (χ3v) is 4.47. The highest BCUT2D eigenvalue weighted by molar-refractivity contribution is 6.34. The summed E-state index contributed by atoms with van der Waals surface area (Å²) in [4.78, 5) is 23.0. The van der Waals surface area contributed by atoms with Crippen molar-refractivity contribution in [2.24, 2.45) is 0 Å². The topological polar surface area (TPSA) is 81.5 Å². The summed E-state index contributed by atoms with van der Waals surface area (Å²) in [5.41, 5.74) is 0.619. The fourth-order valence-corrected chi connectivity index (χ4v) is 2.94. The molecule has 0 saturated heterocycles. The van der Waals surface area contributed by atoms with Crippen LogP contribution in [0.25, 0.3) is 0 Å². The van der Waals surface area contributed by atoms with Crippen molar-refractivity contribution in [1.82, 2.24) is 5.32 Å². The van der Waals surface area contributed by atoms with Gasteiger partial charge >= 0.3 is 0 Å². The van der Waals surface area contributed by atoms with E-state index in [-0.39, 0.29) is 28.6 Å². The zero-order valence-corrected chi connectivity index (χ0v) is 15.8. The average Bonchev–Trinajstić information content (AvgIpc) is 2.72. The van der Waals surface area contributed by atoms with Crippen molar-refractivity contribution in [3.05, 3.63) is 105 Å². The van der Waals surface area contributed by atoms with Crippen molar-refractivity contribution in [2.45, 2.75) is 6.04 Å². The van der Waals surface area contributed by atoms with Gasteiger partial charge in [-0.2, -0.15) is 0 Å². The summed E-state index contributed by atoms with van der Waals surface area (Å²) in [6.45, 7) is -0.0265. The molecule has 1 amide bonds. The predicted octanol–water partition coefficient (Wildman–Crippen LogP) is 4.94. The number of carbonyl (C=O) groups excluding carboxylic acids is 1. The van der Waals surface area contributed by atoms with Gasteiger partial charge in [0.1, 0.15) is 6.61 Å². The van der Waals surface area contributed by atoms with E-state index < -0.39 is 22.7 Å². The highest BCUT2D eigenvalue weighted by atomic mass is 35.5. The average molecular weight is 415 g/mol. The number of nitro benzene ring substituents is 1. The minimum Gasteiger partial charge on any atom is -0.488 e. The molecule has 0 bridgehead atoms. The van der Waals surface area contributed by atoms with E-state index in [4.69, 9.17) is 16.3 Å². The fourth-order valence-electron chi connectivity index (χ4n) is 2.68. The van der Waals surface area contributed by atoms with Crippen LogP contribution in [0.4, 0.5) is 10.1 Å². The van der Waals surface area contributed by atoms with Gasteiger partial charge in [0, 0.05) is 12.1 Å². The zero-order chi connectivity index (χ0) is 20.8. The van der Waals surface area contributed by atoms with Crippen molar-refractivity contribution in [2.75, 3.05) is 6.61 Å². The number of nitro groups is 1. The number of hydrogen-bond donors (Lipinski definition) is 1. The molecule has 0 spiro atoms. The van der Waals surface area contributed by atoms with Crippen molar-refractivity contribution in [3.63, 3.8) is 0 Å². The van der Waals surface area contributed by atoms with Gasteiger partial charge in [0.05, 0.1) is 21.6 Å². The van der Waals surface area contributed by atoms with Gasteiger partial charge in [-0.25, -0.2) is 4.39 Å². The number of para-hydroxylation sites is 1. The maximum absolute atomic E-state index is 13.8. The van der Waals surface area contributed by atoms with Crippen molar-refractivity contribution >= 4 is 23.2 Å². The molecule has 8 heteroatoms. The number of hydrogen-bond acceptors (Lipinski definition) is 4. The Morgan fingerprint density at radius 1 is 1.10 bits per heavy atom. The molecule has 6 nitrogen and oxygen atoms in total.